The zero-order valence-electron chi connectivity index (χ0n) is 11.0. The number of benzene rings is 1. The predicted molar refractivity (Wildman–Crippen MR) is 81.8 cm³/mol. The first-order chi connectivity index (χ1) is 10.0. The van der Waals surface area contributed by atoms with Gasteiger partial charge in [-0.05, 0) is 29.7 Å². The van der Waals surface area contributed by atoms with Crippen LogP contribution >= 0.6 is 23.2 Å². The van der Waals surface area contributed by atoms with E-state index in [-0.39, 0.29) is 5.69 Å². The van der Waals surface area contributed by atoms with Crippen LogP contribution in [0.4, 0.5) is 5.82 Å². The van der Waals surface area contributed by atoms with Gasteiger partial charge >= 0.3 is 0 Å². The van der Waals surface area contributed by atoms with Crippen molar-refractivity contribution in [3.63, 3.8) is 0 Å². The van der Waals surface area contributed by atoms with Crippen LogP contribution in [0.5, 0.6) is 0 Å². The van der Waals surface area contributed by atoms with E-state index in [0.717, 1.165) is 24.1 Å². The highest BCUT2D eigenvalue weighted by atomic mass is 35.5. The maximum Gasteiger partial charge on any atom is 0.268 e. The smallest absolute Gasteiger partial charge is 0.268 e. The van der Waals surface area contributed by atoms with Gasteiger partial charge in [-0.1, -0.05) is 23.2 Å². The molecule has 7 heteroatoms. The number of aromatic nitrogens is 2. The maximum absolute atomic E-state index is 11.2. The summed E-state index contributed by atoms with van der Waals surface area (Å²) in [6, 6.07) is 3.66. The third kappa shape index (κ3) is 2.80. The van der Waals surface area contributed by atoms with Gasteiger partial charge in [0.25, 0.3) is 5.91 Å². The Bertz CT molecular complexity index is 720. The molecule has 1 aromatic heterocycles. The predicted octanol–water partition coefficient (Wildman–Crippen LogP) is 2.45. The third-order valence-corrected chi connectivity index (χ3v) is 4.00. The van der Waals surface area contributed by atoms with Crippen molar-refractivity contribution in [1.82, 2.24) is 9.97 Å². The molecule has 1 aromatic carbocycles. The van der Waals surface area contributed by atoms with Gasteiger partial charge in [0.15, 0.2) is 0 Å². The van der Waals surface area contributed by atoms with Gasteiger partial charge in [-0.2, -0.15) is 0 Å². The second-order valence-corrected chi connectivity index (χ2v) is 5.67. The number of rotatable bonds is 2. The molecule has 0 aliphatic carbocycles. The largest absolute Gasteiger partial charge is 0.364 e. The molecule has 0 bridgehead atoms. The summed E-state index contributed by atoms with van der Waals surface area (Å²) in [4.78, 5) is 21.5. The first-order valence-corrected chi connectivity index (χ1v) is 7.14. The summed E-state index contributed by atoms with van der Waals surface area (Å²) in [5.41, 5.74) is 7.56. The van der Waals surface area contributed by atoms with E-state index in [4.69, 9.17) is 28.9 Å². The molecule has 3 rings (SSSR count). The summed E-state index contributed by atoms with van der Waals surface area (Å²) in [6.07, 6.45) is 3.76. The van der Waals surface area contributed by atoms with E-state index in [9.17, 15) is 4.79 Å². The fourth-order valence-electron chi connectivity index (χ4n) is 2.43. The number of halogens is 2. The summed E-state index contributed by atoms with van der Waals surface area (Å²) in [5.74, 6) is 0.0286. The van der Waals surface area contributed by atoms with Crippen molar-refractivity contribution < 1.29 is 4.79 Å². The topological polar surface area (TPSA) is 72.1 Å². The minimum Gasteiger partial charge on any atom is -0.364 e. The van der Waals surface area contributed by atoms with Gasteiger partial charge in [0.05, 0.1) is 12.4 Å². The highest BCUT2D eigenvalue weighted by molar-refractivity contribution is 6.35. The minimum absolute atomic E-state index is 0.155. The van der Waals surface area contributed by atoms with Crippen molar-refractivity contribution in [3.05, 3.63) is 51.4 Å². The second kappa shape index (κ2) is 5.50. The van der Waals surface area contributed by atoms with Crippen LogP contribution in [0.15, 0.2) is 24.5 Å². The molecule has 5 nitrogen and oxygen atoms in total. The van der Waals surface area contributed by atoms with Crippen molar-refractivity contribution in [2.75, 3.05) is 11.4 Å². The van der Waals surface area contributed by atoms with E-state index in [2.05, 4.69) is 9.97 Å². The molecule has 1 amide bonds. The van der Waals surface area contributed by atoms with E-state index in [0.29, 0.717) is 22.4 Å². The first-order valence-electron chi connectivity index (χ1n) is 6.38. The number of carbonyl (C=O) groups is 1. The third-order valence-electron chi connectivity index (χ3n) is 3.44. The number of anilines is 1. The maximum atomic E-state index is 11.2. The van der Waals surface area contributed by atoms with Gasteiger partial charge in [0.1, 0.15) is 11.5 Å². The molecule has 108 valence electrons. The number of nitrogens with zero attached hydrogens (tertiary/aromatic N) is 3. The van der Waals surface area contributed by atoms with E-state index >= 15 is 0 Å². The Hall–Kier alpha value is -1.85. The van der Waals surface area contributed by atoms with Crippen LogP contribution in [0.2, 0.25) is 10.0 Å². The Morgan fingerprint density at radius 2 is 2.10 bits per heavy atom. The lowest BCUT2D eigenvalue weighted by Gasteiger charge is -2.30. The van der Waals surface area contributed by atoms with Crippen LogP contribution in [0.25, 0.3) is 0 Å². The van der Waals surface area contributed by atoms with E-state index in [1.54, 1.807) is 12.3 Å². The molecule has 0 unspecified atom stereocenters. The number of amides is 1. The molecule has 0 atom stereocenters. The van der Waals surface area contributed by atoms with Crippen LogP contribution in [0, 0.1) is 0 Å². The summed E-state index contributed by atoms with van der Waals surface area (Å²) >= 11 is 12.3. The second-order valence-electron chi connectivity index (χ2n) is 4.82. The monoisotopic (exact) mass is 322 g/mol. The lowest BCUT2D eigenvalue weighted by atomic mass is 10.00. The number of primary amides is 1. The fraction of sp³-hybridized carbons (Fsp3) is 0.214. The van der Waals surface area contributed by atoms with Crippen LogP contribution < -0.4 is 10.6 Å². The Kier molecular flexibility index (Phi) is 3.69. The highest BCUT2D eigenvalue weighted by Crippen LogP contribution is 2.31. The van der Waals surface area contributed by atoms with Crippen LogP contribution in [-0.2, 0) is 13.0 Å². The molecule has 1 aliphatic heterocycles. The number of fused-ring (bicyclic) bond motifs is 1. The molecule has 0 saturated heterocycles. The first kappa shape index (κ1) is 14.1. The fourth-order valence-corrected chi connectivity index (χ4v) is 3.06. The van der Waals surface area contributed by atoms with Crippen molar-refractivity contribution in [1.29, 1.82) is 0 Å². The molecule has 0 saturated carbocycles. The van der Waals surface area contributed by atoms with Gasteiger partial charge in [0, 0.05) is 23.1 Å². The standard InChI is InChI=1S/C14H12Cl2N4O/c15-9-3-8-7-20(2-1-10(8)11(16)4-9)13-6-18-5-12(19-13)14(17)21/h3-6H,1-2,7H2,(H2,17,21). The average Bonchev–Trinajstić information content (AvgIpc) is 2.46. The molecular weight excluding hydrogens is 311 g/mol. The number of hydrogen-bond acceptors (Lipinski definition) is 4. The zero-order chi connectivity index (χ0) is 15.0. The Balaban J connectivity index is 1.93. The van der Waals surface area contributed by atoms with E-state index < -0.39 is 5.91 Å². The highest BCUT2D eigenvalue weighted by Gasteiger charge is 2.21. The average molecular weight is 323 g/mol. The van der Waals surface area contributed by atoms with Crippen molar-refractivity contribution in [2.24, 2.45) is 5.73 Å². The van der Waals surface area contributed by atoms with Gasteiger partial charge in [-0.25, -0.2) is 4.98 Å². The Morgan fingerprint density at radius 3 is 2.86 bits per heavy atom. The molecule has 0 fully saturated rings. The van der Waals surface area contributed by atoms with Crippen molar-refractivity contribution >= 4 is 34.9 Å². The summed E-state index contributed by atoms with van der Waals surface area (Å²) in [5, 5.41) is 1.30. The Morgan fingerprint density at radius 1 is 1.29 bits per heavy atom. The molecular formula is C14H12Cl2N4O. The van der Waals surface area contributed by atoms with Crippen LogP contribution in [0.3, 0.4) is 0 Å². The van der Waals surface area contributed by atoms with E-state index in [1.807, 2.05) is 11.0 Å². The molecule has 1 aliphatic rings. The van der Waals surface area contributed by atoms with Crippen molar-refractivity contribution in [3.8, 4) is 0 Å². The lowest BCUT2D eigenvalue weighted by molar-refractivity contribution is 0.0995. The van der Waals surface area contributed by atoms with E-state index in [1.165, 1.54) is 6.20 Å². The number of nitrogens with two attached hydrogens (primary N) is 1. The molecule has 2 heterocycles. The summed E-state index contributed by atoms with van der Waals surface area (Å²) < 4.78 is 0. The lowest BCUT2D eigenvalue weighted by Crippen LogP contribution is -2.32. The molecule has 0 spiro atoms. The quantitative estimate of drug-likeness (QED) is 0.921. The van der Waals surface area contributed by atoms with Crippen LogP contribution in [-0.4, -0.2) is 22.4 Å². The van der Waals surface area contributed by atoms with Crippen molar-refractivity contribution in [2.45, 2.75) is 13.0 Å². The zero-order valence-corrected chi connectivity index (χ0v) is 12.5. The molecule has 0 radical (unpaired) electrons. The number of hydrogen-bond donors (Lipinski definition) is 1. The van der Waals surface area contributed by atoms with Gasteiger partial charge < -0.3 is 10.6 Å². The van der Waals surface area contributed by atoms with Crippen LogP contribution in [0.1, 0.15) is 21.6 Å². The summed E-state index contributed by atoms with van der Waals surface area (Å²) in [7, 11) is 0. The van der Waals surface area contributed by atoms with Gasteiger partial charge in [-0.3, -0.25) is 9.78 Å². The number of carbonyl (C=O) groups excluding carboxylic acids is 1. The molecule has 21 heavy (non-hydrogen) atoms. The SMILES string of the molecule is NC(=O)c1cncc(N2CCc3c(Cl)cc(Cl)cc3C2)n1. The minimum atomic E-state index is -0.590. The van der Waals surface area contributed by atoms with Gasteiger partial charge in [-0.15, -0.1) is 0 Å². The van der Waals surface area contributed by atoms with Gasteiger partial charge in [0.2, 0.25) is 0 Å². The molecule has 2 aromatic rings. The summed E-state index contributed by atoms with van der Waals surface area (Å²) in [6.45, 7) is 1.36. The molecule has 2 N–H and O–H groups in total. The normalized spacial score (nSPS) is 13.9. The Labute approximate surface area is 131 Å².